The van der Waals surface area contributed by atoms with E-state index in [1.165, 1.54) is 5.56 Å². The summed E-state index contributed by atoms with van der Waals surface area (Å²) in [5, 5.41) is 8.86. The van der Waals surface area contributed by atoms with Crippen LogP contribution >= 0.6 is 11.8 Å². The highest BCUT2D eigenvalue weighted by Crippen LogP contribution is 2.33. The fourth-order valence-corrected chi connectivity index (χ4v) is 5.88. The van der Waals surface area contributed by atoms with Crippen molar-refractivity contribution in [3.8, 4) is 0 Å². The zero-order chi connectivity index (χ0) is 22.6. The summed E-state index contributed by atoms with van der Waals surface area (Å²) in [6.07, 6.45) is 9.19. The van der Waals surface area contributed by atoms with Crippen molar-refractivity contribution in [2.24, 2.45) is 5.92 Å². The Balaban J connectivity index is 1.17. The summed E-state index contributed by atoms with van der Waals surface area (Å²) in [4.78, 5) is 27.2. The molecule has 0 unspecified atom stereocenters. The number of amides is 1. The summed E-state index contributed by atoms with van der Waals surface area (Å²) in [6.45, 7) is 6.58. The molecule has 2 aliphatic heterocycles. The third-order valence-electron chi connectivity index (χ3n) is 6.82. The number of carbonyl (C=O) groups excluding carboxylic acids is 1. The Hall–Kier alpha value is -2.52. The first-order valence-electron chi connectivity index (χ1n) is 12.0. The Morgan fingerprint density at radius 1 is 1.06 bits per heavy atom. The van der Waals surface area contributed by atoms with Crippen LogP contribution in [0.4, 0.5) is 0 Å². The predicted octanol–water partition coefficient (Wildman–Crippen LogP) is 3.41. The number of fused-ring (bicyclic) bond motifs is 1. The molecular weight excluding hydrogens is 434 g/mol. The van der Waals surface area contributed by atoms with Crippen LogP contribution < -0.4 is 0 Å². The van der Waals surface area contributed by atoms with Gasteiger partial charge in [-0.3, -0.25) is 9.69 Å². The minimum Gasteiger partial charge on any atom is -0.342 e. The van der Waals surface area contributed by atoms with E-state index in [0.717, 1.165) is 80.5 Å². The summed E-state index contributed by atoms with van der Waals surface area (Å²) in [7, 11) is 0. The quantitative estimate of drug-likeness (QED) is 0.516. The van der Waals surface area contributed by atoms with Crippen LogP contribution in [0, 0.1) is 5.92 Å². The van der Waals surface area contributed by atoms with Gasteiger partial charge in [0.05, 0.1) is 6.20 Å². The van der Waals surface area contributed by atoms with E-state index in [0.29, 0.717) is 11.9 Å². The highest BCUT2D eigenvalue weighted by atomic mass is 32.2. The minimum atomic E-state index is 0.148. The lowest BCUT2D eigenvalue weighted by Crippen LogP contribution is -2.45. The van der Waals surface area contributed by atoms with Crippen LogP contribution in [0.1, 0.15) is 44.2 Å². The molecule has 0 aliphatic carbocycles. The van der Waals surface area contributed by atoms with Crippen LogP contribution in [0.2, 0.25) is 0 Å². The van der Waals surface area contributed by atoms with Gasteiger partial charge < -0.3 is 9.47 Å². The number of imidazole rings is 1. The van der Waals surface area contributed by atoms with Crippen LogP contribution in [0.15, 0.2) is 41.9 Å². The Morgan fingerprint density at radius 3 is 2.61 bits per heavy atom. The molecule has 0 radical (unpaired) electrons. The number of rotatable bonds is 6. The molecule has 3 aromatic rings. The lowest BCUT2D eigenvalue weighted by molar-refractivity contribution is -0.138. The lowest BCUT2D eigenvalue weighted by Gasteiger charge is -2.37. The first-order valence-corrected chi connectivity index (χ1v) is 12.9. The lowest BCUT2D eigenvalue weighted by atomic mass is 9.93. The molecule has 5 heterocycles. The minimum absolute atomic E-state index is 0.148. The number of thioether (sulfide) groups is 1. The Bertz CT molecular complexity index is 1070. The third-order valence-corrected chi connectivity index (χ3v) is 7.65. The molecule has 174 valence electrons. The van der Waals surface area contributed by atoms with Crippen LogP contribution in [0.25, 0.3) is 11.2 Å². The van der Waals surface area contributed by atoms with E-state index in [4.69, 9.17) is 4.98 Å². The summed E-state index contributed by atoms with van der Waals surface area (Å²) in [5.74, 6) is 1.47. The van der Waals surface area contributed by atoms with Crippen LogP contribution in [-0.4, -0.2) is 72.4 Å². The van der Waals surface area contributed by atoms with Gasteiger partial charge in [0, 0.05) is 44.0 Å². The van der Waals surface area contributed by atoms with Gasteiger partial charge in [-0.25, -0.2) is 9.97 Å². The van der Waals surface area contributed by atoms with Crippen molar-refractivity contribution >= 4 is 28.8 Å². The molecule has 0 spiro atoms. The first kappa shape index (κ1) is 22.3. The highest BCUT2D eigenvalue weighted by molar-refractivity contribution is 7.99. The number of nitrogens with zero attached hydrogens (tertiary/aromatic N) is 7. The molecule has 0 saturated carbocycles. The van der Waals surface area contributed by atoms with Gasteiger partial charge in [0.2, 0.25) is 5.91 Å². The second-order valence-corrected chi connectivity index (χ2v) is 10.1. The molecule has 8 nitrogen and oxygen atoms in total. The van der Waals surface area contributed by atoms with Gasteiger partial charge in [-0.05, 0) is 68.3 Å². The Kier molecular flexibility index (Phi) is 6.87. The van der Waals surface area contributed by atoms with E-state index in [1.807, 2.05) is 30.6 Å². The largest absolute Gasteiger partial charge is 0.342 e. The average molecular weight is 466 g/mol. The van der Waals surface area contributed by atoms with E-state index < -0.39 is 0 Å². The van der Waals surface area contributed by atoms with E-state index in [9.17, 15) is 4.79 Å². The second-order valence-electron chi connectivity index (χ2n) is 8.90. The monoisotopic (exact) mass is 465 g/mol. The Morgan fingerprint density at radius 2 is 1.88 bits per heavy atom. The van der Waals surface area contributed by atoms with Crippen LogP contribution in [-0.2, 0) is 11.3 Å². The van der Waals surface area contributed by atoms with Gasteiger partial charge in [0.15, 0.2) is 10.8 Å². The molecule has 2 fully saturated rings. The Labute approximate surface area is 198 Å². The molecule has 9 heteroatoms. The molecular formula is C24H31N7OS. The van der Waals surface area contributed by atoms with Gasteiger partial charge in [0.25, 0.3) is 0 Å². The summed E-state index contributed by atoms with van der Waals surface area (Å²) in [6, 6.07) is 6.34. The summed E-state index contributed by atoms with van der Waals surface area (Å²) in [5.41, 5.74) is 3.11. The average Bonchev–Trinajstić information content (AvgIpc) is 3.23. The maximum absolute atomic E-state index is 13.2. The van der Waals surface area contributed by atoms with Crippen molar-refractivity contribution < 1.29 is 4.79 Å². The normalized spacial score (nSPS) is 18.8. The topological polar surface area (TPSA) is 80.0 Å². The van der Waals surface area contributed by atoms with Gasteiger partial charge in [-0.1, -0.05) is 18.7 Å². The first-order chi connectivity index (χ1) is 16.2. The van der Waals surface area contributed by atoms with Gasteiger partial charge in [-0.15, -0.1) is 0 Å². The number of piperidine rings is 2. The fourth-order valence-electron chi connectivity index (χ4n) is 5.08. The van der Waals surface area contributed by atoms with Crippen LogP contribution in [0.3, 0.4) is 0 Å². The number of pyridine rings is 1. The molecule has 33 heavy (non-hydrogen) atoms. The standard InChI is InChI=1S/C24H31N7OS/c1-2-33-24-28-21-4-3-10-25-22(21)31(24)20-8-14-30(15-9-20)23(32)19-6-12-29(13-7-19)17-18-5-11-26-27-16-18/h3-5,10-11,16,19-20H,2,6-9,12-15,17H2,1H3. The zero-order valence-corrected chi connectivity index (χ0v) is 20.0. The smallest absolute Gasteiger partial charge is 0.225 e. The van der Waals surface area contributed by atoms with E-state index in [2.05, 4.69) is 36.5 Å². The van der Waals surface area contributed by atoms with Crippen molar-refractivity contribution in [1.82, 2.24) is 34.5 Å². The maximum Gasteiger partial charge on any atom is 0.225 e. The van der Waals surface area contributed by atoms with Gasteiger partial charge in [0.1, 0.15) is 5.52 Å². The molecule has 0 N–H and O–H groups in total. The molecule has 0 aromatic carbocycles. The molecule has 2 aliphatic rings. The third kappa shape index (κ3) is 4.89. The number of hydrogen-bond donors (Lipinski definition) is 0. The van der Waals surface area contributed by atoms with E-state index >= 15 is 0 Å². The zero-order valence-electron chi connectivity index (χ0n) is 19.1. The molecule has 5 rings (SSSR count). The molecule has 0 bridgehead atoms. The maximum atomic E-state index is 13.2. The van der Waals surface area contributed by atoms with Crippen molar-refractivity contribution in [3.63, 3.8) is 0 Å². The van der Waals surface area contributed by atoms with Crippen molar-refractivity contribution in [3.05, 3.63) is 42.4 Å². The SMILES string of the molecule is CCSc1nc2cccnc2n1C1CCN(C(=O)C2CCN(Cc3ccnnc3)CC2)CC1. The summed E-state index contributed by atoms with van der Waals surface area (Å²) >= 11 is 1.77. The summed E-state index contributed by atoms with van der Waals surface area (Å²) < 4.78 is 2.32. The number of carbonyl (C=O) groups is 1. The molecule has 3 aromatic heterocycles. The number of likely N-dealkylation sites (tertiary alicyclic amines) is 2. The van der Waals surface area contributed by atoms with Gasteiger partial charge in [-0.2, -0.15) is 10.2 Å². The van der Waals surface area contributed by atoms with Crippen LogP contribution in [0.5, 0.6) is 0 Å². The molecule has 0 atom stereocenters. The molecule has 1 amide bonds. The highest BCUT2D eigenvalue weighted by Gasteiger charge is 2.32. The van der Waals surface area contributed by atoms with E-state index in [-0.39, 0.29) is 5.92 Å². The van der Waals surface area contributed by atoms with Crippen molar-refractivity contribution in [2.45, 2.75) is 50.4 Å². The van der Waals surface area contributed by atoms with Gasteiger partial charge >= 0.3 is 0 Å². The number of aromatic nitrogens is 5. The van der Waals surface area contributed by atoms with E-state index in [1.54, 1.807) is 18.0 Å². The number of hydrogen-bond acceptors (Lipinski definition) is 7. The fraction of sp³-hybridized carbons (Fsp3) is 0.542. The van der Waals surface area contributed by atoms with Crippen molar-refractivity contribution in [2.75, 3.05) is 31.9 Å². The molecule has 2 saturated heterocycles. The second kappa shape index (κ2) is 10.2. The predicted molar refractivity (Wildman–Crippen MR) is 129 cm³/mol. The van der Waals surface area contributed by atoms with Crippen molar-refractivity contribution in [1.29, 1.82) is 0 Å².